The van der Waals surface area contributed by atoms with Crippen LogP contribution >= 0.6 is 0 Å². The highest BCUT2D eigenvalue weighted by molar-refractivity contribution is 6.06. The fourth-order valence-electron chi connectivity index (χ4n) is 2.54. The first-order valence-electron chi connectivity index (χ1n) is 7.58. The molecule has 124 valence electrons. The van der Waals surface area contributed by atoms with Crippen LogP contribution in [0.25, 0.3) is 16.6 Å². The lowest BCUT2D eigenvalue weighted by molar-refractivity contribution is 0.102. The number of anilines is 1. The third-order valence-electron chi connectivity index (χ3n) is 3.77. The summed E-state index contributed by atoms with van der Waals surface area (Å²) in [7, 11) is 0. The fourth-order valence-corrected chi connectivity index (χ4v) is 2.54. The van der Waals surface area contributed by atoms with E-state index in [0.29, 0.717) is 16.7 Å². The number of carbonyl (C=O) groups excluding carboxylic acids is 1. The van der Waals surface area contributed by atoms with E-state index in [-0.39, 0.29) is 11.4 Å². The number of phenols is 1. The lowest BCUT2D eigenvalue weighted by atomic mass is 10.2. The molecule has 2 heterocycles. The number of phenolic OH excluding ortho intramolecular Hbond substituents is 1. The predicted octanol–water partition coefficient (Wildman–Crippen LogP) is 2.41. The number of benzene rings is 2. The van der Waals surface area contributed by atoms with Crippen molar-refractivity contribution in [2.45, 2.75) is 6.92 Å². The zero-order valence-electron chi connectivity index (χ0n) is 13.3. The first-order chi connectivity index (χ1) is 12.1. The molecule has 0 aliphatic carbocycles. The van der Waals surface area contributed by atoms with Gasteiger partial charge in [-0.1, -0.05) is 17.3 Å². The molecule has 2 aromatic heterocycles. The number of aromatic nitrogens is 5. The maximum absolute atomic E-state index is 12.4. The minimum Gasteiger partial charge on any atom is -0.508 e. The zero-order chi connectivity index (χ0) is 17.4. The number of hydrogen-bond acceptors (Lipinski definition) is 5. The van der Waals surface area contributed by atoms with Gasteiger partial charge in [0.1, 0.15) is 5.75 Å². The monoisotopic (exact) mass is 334 g/mol. The van der Waals surface area contributed by atoms with E-state index >= 15 is 0 Å². The molecule has 3 N–H and O–H groups in total. The van der Waals surface area contributed by atoms with Crippen molar-refractivity contribution < 1.29 is 9.90 Å². The van der Waals surface area contributed by atoms with Crippen LogP contribution in [-0.2, 0) is 0 Å². The zero-order valence-corrected chi connectivity index (χ0v) is 13.3. The molecule has 0 spiro atoms. The van der Waals surface area contributed by atoms with Gasteiger partial charge in [-0.15, -0.1) is 5.10 Å². The van der Waals surface area contributed by atoms with Gasteiger partial charge >= 0.3 is 0 Å². The largest absolute Gasteiger partial charge is 0.508 e. The van der Waals surface area contributed by atoms with Crippen LogP contribution in [0.3, 0.4) is 0 Å². The molecule has 0 aliphatic rings. The summed E-state index contributed by atoms with van der Waals surface area (Å²) < 4.78 is 1.54. The minimum atomic E-state index is -0.416. The van der Waals surface area contributed by atoms with Crippen molar-refractivity contribution in [2.24, 2.45) is 0 Å². The van der Waals surface area contributed by atoms with E-state index in [1.54, 1.807) is 16.9 Å². The lowest BCUT2D eigenvalue weighted by Crippen LogP contribution is -2.13. The molecule has 0 atom stereocenters. The van der Waals surface area contributed by atoms with Crippen molar-refractivity contribution in [2.75, 3.05) is 5.32 Å². The first kappa shape index (κ1) is 14.9. The average Bonchev–Trinajstić information content (AvgIpc) is 3.22. The van der Waals surface area contributed by atoms with Crippen LogP contribution in [0.4, 0.5) is 5.82 Å². The third-order valence-corrected chi connectivity index (χ3v) is 3.77. The second-order valence-corrected chi connectivity index (χ2v) is 5.64. The second kappa shape index (κ2) is 5.75. The van der Waals surface area contributed by atoms with Crippen LogP contribution < -0.4 is 5.32 Å². The molecular formula is C17H14N6O2. The van der Waals surface area contributed by atoms with Gasteiger partial charge in [0.2, 0.25) is 0 Å². The molecule has 25 heavy (non-hydrogen) atoms. The molecule has 0 fully saturated rings. The third kappa shape index (κ3) is 2.80. The van der Waals surface area contributed by atoms with Gasteiger partial charge in [0, 0.05) is 11.5 Å². The van der Waals surface area contributed by atoms with Crippen LogP contribution in [0.15, 0.2) is 48.7 Å². The molecule has 0 unspecified atom stereocenters. The number of nitrogens with zero attached hydrogens (tertiary/aromatic N) is 4. The Morgan fingerprint density at radius 3 is 2.96 bits per heavy atom. The van der Waals surface area contributed by atoms with E-state index in [9.17, 15) is 9.90 Å². The Morgan fingerprint density at radius 2 is 2.12 bits per heavy atom. The van der Waals surface area contributed by atoms with E-state index < -0.39 is 5.91 Å². The van der Waals surface area contributed by atoms with Gasteiger partial charge in [0.25, 0.3) is 5.91 Å². The van der Waals surface area contributed by atoms with E-state index in [1.807, 2.05) is 31.2 Å². The molecule has 0 aliphatic heterocycles. The van der Waals surface area contributed by atoms with Crippen LogP contribution in [0.1, 0.15) is 16.1 Å². The van der Waals surface area contributed by atoms with Crippen molar-refractivity contribution in [1.82, 2.24) is 25.2 Å². The normalized spacial score (nSPS) is 10.9. The van der Waals surface area contributed by atoms with Gasteiger partial charge in [-0.25, -0.2) is 4.68 Å². The number of aromatic hydroxyl groups is 1. The highest BCUT2D eigenvalue weighted by Gasteiger charge is 2.15. The molecule has 1 amide bonds. The summed E-state index contributed by atoms with van der Waals surface area (Å²) in [4.78, 5) is 12.4. The summed E-state index contributed by atoms with van der Waals surface area (Å²) in [5, 5.41) is 27.6. The lowest BCUT2D eigenvalue weighted by Gasteiger charge is -2.01. The number of hydrogen-bond donors (Lipinski definition) is 3. The molecule has 8 nitrogen and oxygen atoms in total. The molecule has 4 aromatic rings. The number of nitrogens with one attached hydrogen (secondary N) is 2. The van der Waals surface area contributed by atoms with E-state index in [4.69, 9.17) is 0 Å². The Balaban J connectivity index is 1.59. The Morgan fingerprint density at radius 1 is 1.24 bits per heavy atom. The fraction of sp³-hybridized carbons (Fsp3) is 0.0588. The highest BCUT2D eigenvalue weighted by atomic mass is 16.3. The maximum Gasteiger partial charge on any atom is 0.279 e. The molecule has 0 saturated carbocycles. The van der Waals surface area contributed by atoms with Crippen molar-refractivity contribution in [3.63, 3.8) is 0 Å². The average molecular weight is 334 g/mol. The number of H-pyrrole nitrogens is 1. The standard InChI is InChI=1S/C17H14N6O2/c1-10-3-2-4-11(7-10)23-9-15(20-22-23)17(25)18-16-13-6-5-12(24)8-14(13)19-21-16/h2-9,24H,1H3,(H2,18,19,21,25). The van der Waals surface area contributed by atoms with Gasteiger partial charge in [-0.05, 0) is 36.8 Å². The Bertz CT molecular complexity index is 1080. The Hall–Kier alpha value is -3.68. The molecule has 0 radical (unpaired) electrons. The van der Waals surface area contributed by atoms with Gasteiger partial charge in [-0.3, -0.25) is 9.89 Å². The van der Waals surface area contributed by atoms with Crippen molar-refractivity contribution in [3.05, 3.63) is 59.9 Å². The highest BCUT2D eigenvalue weighted by Crippen LogP contribution is 2.24. The molecular weight excluding hydrogens is 320 g/mol. The van der Waals surface area contributed by atoms with Gasteiger partial charge in [0.05, 0.1) is 17.4 Å². The summed E-state index contributed by atoms with van der Waals surface area (Å²) in [5.74, 6) is 0.0700. The summed E-state index contributed by atoms with van der Waals surface area (Å²) in [6.07, 6.45) is 1.56. The Kier molecular flexibility index (Phi) is 3.42. The number of carbonyl (C=O) groups is 1. The van der Waals surface area contributed by atoms with E-state index in [1.165, 1.54) is 12.1 Å². The van der Waals surface area contributed by atoms with Gasteiger partial charge in [-0.2, -0.15) is 5.10 Å². The van der Waals surface area contributed by atoms with Crippen LogP contribution in [0.5, 0.6) is 5.75 Å². The first-order valence-corrected chi connectivity index (χ1v) is 7.58. The molecule has 2 aromatic carbocycles. The number of fused-ring (bicyclic) bond motifs is 1. The van der Waals surface area contributed by atoms with Crippen LogP contribution in [0, 0.1) is 6.92 Å². The topological polar surface area (TPSA) is 109 Å². The SMILES string of the molecule is Cc1cccc(-n2cc(C(=O)Nc3n[nH]c4cc(O)ccc34)nn2)c1. The number of amides is 1. The minimum absolute atomic E-state index is 0.120. The smallest absolute Gasteiger partial charge is 0.279 e. The molecule has 4 rings (SSSR count). The number of rotatable bonds is 3. The molecule has 0 bridgehead atoms. The van der Waals surface area contributed by atoms with E-state index in [0.717, 1.165) is 11.3 Å². The number of aromatic amines is 1. The molecule has 0 saturated heterocycles. The summed E-state index contributed by atoms with van der Waals surface area (Å²) in [6.45, 7) is 1.98. The van der Waals surface area contributed by atoms with E-state index in [2.05, 4.69) is 25.8 Å². The predicted molar refractivity (Wildman–Crippen MR) is 91.8 cm³/mol. The number of aryl methyl sites for hydroxylation is 1. The van der Waals surface area contributed by atoms with Gasteiger partial charge in [0.15, 0.2) is 11.5 Å². The van der Waals surface area contributed by atoms with Crippen LogP contribution in [0.2, 0.25) is 0 Å². The van der Waals surface area contributed by atoms with Crippen molar-refractivity contribution in [3.8, 4) is 11.4 Å². The van der Waals surface area contributed by atoms with Crippen molar-refractivity contribution in [1.29, 1.82) is 0 Å². The van der Waals surface area contributed by atoms with Crippen LogP contribution in [-0.4, -0.2) is 36.2 Å². The Labute approximate surface area is 142 Å². The summed E-state index contributed by atoms with van der Waals surface area (Å²) in [6, 6.07) is 12.5. The summed E-state index contributed by atoms with van der Waals surface area (Å²) >= 11 is 0. The quantitative estimate of drug-likeness (QED) is 0.533. The second-order valence-electron chi connectivity index (χ2n) is 5.64. The van der Waals surface area contributed by atoms with Gasteiger partial charge < -0.3 is 10.4 Å². The molecule has 8 heteroatoms. The summed E-state index contributed by atoms with van der Waals surface area (Å²) in [5.41, 5.74) is 2.72. The maximum atomic E-state index is 12.4. The van der Waals surface area contributed by atoms with Crippen molar-refractivity contribution >= 4 is 22.6 Å².